The van der Waals surface area contributed by atoms with E-state index in [0.717, 1.165) is 18.8 Å². The highest BCUT2D eigenvalue weighted by Gasteiger charge is 2.14. The fourth-order valence-electron chi connectivity index (χ4n) is 3.30. The Morgan fingerprint density at radius 2 is 1.77 bits per heavy atom. The number of rotatable bonds is 8. The molecule has 0 aliphatic heterocycles. The quantitative estimate of drug-likeness (QED) is 0.689. The Balaban J connectivity index is 1.64. The lowest BCUT2D eigenvalue weighted by Gasteiger charge is -2.20. The Hall–Kier alpha value is -2.37. The maximum absolute atomic E-state index is 11.9. The summed E-state index contributed by atoms with van der Waals surface area (Å²) in [5.74, 6) is -0.167. The fourth-order valence-corrected chi connectivity index (χ4v) is 3.30. The lowest BCUT2D eigenvalue weighted by atomic mass is 9.86. The number of esters is 1. The minimum Gasteiger partial charge on any atom is -0.456 e. The van der Waals surface area contributed by atoms with E-state index in [-0.39, 0.29) is 18.5 Å². The van der Waals surface area contributed by atoms with Crippen molar-refractivity contribution in [1.29, 1.82) is 0 Å². The molecular formula is C20H28N2O4. The third-order valence-corrected chi connectivity index (χ3v) is 4.55. The van der Waals surface area contributed by atoms with Crippen LogP contribution in [0.3, 0.4) is 0 Å². The van der Waals surface area contributed by atoms with Crippen molar-refractivity contribution >= 4 is 29.2 Å². The van der Waals surface area contributed by atoms with Crippen LogP contribution in [0.25, 0.3) is 0 Å². The van der Waals surface area contributed by atoms with E-state index in [1.165, 1.54) is 39.0 Å². The number of carbonyl (C=O) groups excluding carboxylic acids is 3. The van der Waals surface area contributed by atoms with E-state index in [4.69, 9.17) is 4.74 Å². The topological polar surface area (TPSA) is 84.5 Å². The number of hydrogen-bond donors (Lipinski definition) is 2. The van der Waals surface area contributed by atoms with Gasteiger partial charge in [-0.2, -0.15) is 0 Å². The number of anilines is 2. The second-order valence-electron chi connectivity index (χ2n) is 6.87. The van der Waals surface area contributed by atoms with Gasteiger partial charge in [0.1, 0.15) is 0 Å². The van der Waals surface area contributed by atoms with E-state index < -0.39 is 5.91 Å². The Bertz CT molecular complexity index is 624. The third-order valence-electron chi connectivity index (χ3n) is 4.55. The predicted molar refractivity (Wildman–Crippen MR) is 101 cm³/mol. The van der Waals surface area contributed by atoms with Gasteiger partial charge in [0, 0.05) is 24.7 Å². The average Bonchev–Trinajstić information content (AvgIpc) is 2.61. The molecule has 6 nitrogen and oxygen atoms in total. The molecule has 2 rings (SSSR count). The number of hydrogen-bond acceptors (Lipinski definition) is 4. The van der Waals surface area contributed by atoms with E-state index in [1.807, 2.05) is 0 Å². The molecule has 0 aromatic heterocycles. The first-order valence-electron chi connectivity index (χ1n) is 9.36. The van der Waals surface area contributed by atoms with Gasteiger partial charge in [-0.3, -0.25) is 14.4 Å². The van der Waals surface area contributed by atoms with Gasteiger partial charge in [0.05, 0.1) is 0 Å². The van der Waals surface area contributed by atoms with E-state index in [9.17, 15) is 14.4 Å². The standard InChI is InChI=1S/C20H28N2O4/c1-15(23)21-17-10-6-11-18(13-17)22-19(24)14-26-20(25)12-5-9-16-7-3-2-4-8-16/h6,10-11,13,16H,2-5,7-9,12,14H2,1H3,(H,21,23)(H,22,24). The summed E-state index contributed by atoms with van der Waals surface area (Å²) in [5, 5.41) is 5.29. The van der Waals surface area contributed by atoms with Crippen LogP contribution in [0.2, 0.25) is 0 Å². The van der Waals surface area contributed by atoms with Crippen LogP contribution >= 0.6 is 0 Å². The molecule has 1 aliphatic carbocycles. The molecule has 1 aliphatic rings. The number of nitrogens with one attached hydrogen (secondary N) is 2. The Morgan fingerprint density at radius 1 is 1.08 bits per heavy atom. The van der Waals surface area contributed by atoms with Crippen LogP contribution in [0, 0.1) is 5.92 Å². The number of amides is 2. The molecule has 6 heteroatoms. The summed E-state index contributed by atoms with van der Waals surface area (Å²) in [7, 11) is 0. The molecule has 142 valence electrons. The highest BCUT2D eigenvalue weighted by atomic mass is 16.5. The molecule has 26 heavy (non-hydrogen) atoms. The van der Waals surface area contributed by atoms with Gasteiger partial charge in [-0.05, 0) is 37.0 Å². The van der Waals surface area contributed by atoms with Crippen molar-refractivity contribution in [2.75, 3.05) is 17.2 Å². The van der Waals surface area contributed by atoms with Crippen molar-refractivity contribution in [3.8, 4) is 0 Å². The number of ether oxygens (including phenoxy) is 1. The molecular weight excluding hydrogens is 332 g/mol. The van der Waals surface area contributed by atoms with Crippen LogP contribution in [0.4, 0.5) is 11.4 Å². The second kappa shape index (κ2) is 10.6. The summed E-state index contributed by atoms with van der Waals surface area (Å²) >= 11 is 0. The minimum atomic E-state index is -0.398. The first-order valence-corrected chi connectivity index (χ1v) is 9.36. The SMILES string of the molecule is CC(=O)Nc1cccc(NC(=O)COC(=O)CCCC2CCCCC2)c1. The zero-order valence-electron chi connectivity index (χ0n) is 15.4. The van der Waals surface area contributed by atoms with Crippen molar-refractivity contribution < 1.29 is 19.1 Å². The maximum atomic E-state index is 11.9. The van der Waals surface area contributed by atoms with E-state index in [0.29, 0.717) is 17.8 Å². The van der Waals surface area contributed by atoms with Crippen LogP contribution < -0.4 is 10.6 Å². The van der Waals surface area contributed by atoms with Gasteiger partial charge >= 0.3 is 5.97 Å². The maximum Gasteiger partial charge on any atom is 0.306 e. The largest absolute Gasteiger partial charge is 0.456 e. The summed E-state index contributed by atoms with van der Waals surface area (Å²) in [4.78, 5) is 34.7. The molecule has 2 N–H and O–H groups in total. The summed E-state index contributed by atoms with van der Waals surface area (Å²) < 4.78 is 5.04. The molecule has 0 atom stereocenters. The summed E-state index contributed by atoms with van der Waals surface area (Å²) in [6.07, 6.45) is 8.74. The smallest absolute Gasteiger partial charge is 0.306 e. The van der Waals surface area contributed by atoms with Gasteiger partial charge < -0.3 is 15.4 Å². The molecule has 2 amide bonds. The van der Waals surface area contributed by atoms with E-state index in [2.05, 4.69) is 10.6 Å². The summed E-state index contributed by atoms with van der Waals surface area (Å²) in [6, 6.07) is 6.79. The number of carbonyl (C=O) groups is 3. The molecule has 1 aromatic rings. The Morgan fingerprint density at radius 3 is 2.46 bits per heavy atom. The number of benzene rings is 1. The van der Waals surface area contributed by atoms with Crippen LogP contribution in [-0.2, 0) is 19.1 Å². The van der Waals surface area contributed by atoms with Crippen molar-refractivity contribution in [3.63, 3.8) is 0 Å². The normalized spacial score (nSPS) is 14.5. The zero-order chi connectivity index (χ0) is 18.8. The molecule has 0 heterocycles. The second-order valence-corrected chi connectivity index (χ2v) is 6.87. The fraction of sp³-hybridized carbons (Fsp3) is 0.550. The monoisotopic (exact) mass is 360 g/mol. The molecule has 1 aromatic carbocycles. The van der Waals surface area contributed by atoms with Crippen LogP contribution in [0.5, 0.6) is 0 Å². The predicted octanol–water partition coefficient (Wildman–Crippen LogP) is 3.88. The lowest BCUT2D eigenvalue weighted by molar-refractivity contribution is -0.147. The van der Waals surface area contributed by atoms with Gasteiger partial charge in [-0.25, -0.2) is 0 Å². The average molecular weight is 360 g/mol. The first kappa shape index (κ1) is 19.9. The summed E-state index contributed by atoms with van der Waals surface area (Å²) in [5.41, 5.74) is 1.13. The van der Waals surface area contributed by atoms with Crippen molar-refractivity contribution in [1.82, 2.24) is 0 Å². The highest BCUT2D eigenvalue weighted by Crippen LogP contribution is 2.27. The van der Waals surface area contributed by atoms with Crippen molar-refractivity contribution in [3.05, 3.63) is 24.3 Å². The minimum absolute atomic E-state index is 0.185. The lowest BCUT2D eigenvalue weighted by Crippen LogP contribution is -2.21. The van der Waals surface area contributed by atoms with Gasteiger partial charge in [-0.1, -0.05) is 38.2 Å². The summed E-state index contributed by atoms with van der Waals surface area (Å²) in [6.45, 7) is 1.12. The molecule has 0 radical (unpaired) electrons. The molecule has 0 bridgehead atoms. The van der Waals surface area contributed by atoms with Crippen LogP contribution in [-0.4, -0.2) is 24.4 Å². The van der Waals surface area contributed by atoms with E-state index >= 15 is 0 Å². The molecule has 0 saturated heterocycles. The highest BCUT2D eigenvalue weighted by molar-refractivity contribution is 5.94. The molecule has 0 unspecified atom stereocenters. The van der Waals surface area contributed by atoms with Gasteiger partial charge in [0.15, 0.2) is 6.61 Å². The Kier molecular flexibility index (Phi) is 8.12. The van der Waals surface area contributed by atoms with Crippen molar-refractivity contribution in [2.24, 2.45) is 5.92 Å². The molecule has 0 spiro atoms. The molecule has 1 fully saturated rings. The van der Waals surface area contributed by atoms with Crippen LogP contribution in [0.1, 0.15) is 58.3 Å². The van der Waals surface area contributed by atoms with E-state index in [1.54, 1.807) is 24.3 Å². The van der Waals surface area contributed by atoms with Gasteiger partial charge in [-0.15, -0.1) is 0 Å². The first-order chi connectivity index (χ1) is 12.5. The van der Waals surface area contributed by atoms with Crippen molar-refractivity contribution in [2.45, 2.75) is 58.3 Å². The van der Waals surface area contributed by atoms with Crippen LogP contribution in [0.15, 0.2) is 24.3 Å². The Labute approximate surface area is 154 Å². The third kappa shape index (κ3) is 7.68. The van der Waals surface area contributed by atoms with Gasteiger partial charge in [0.25, 0.3) is 5.91 Å². The zero-order valence-corrected chi connectivity index (χ0v) is 15.4. The molecule has 1 saturated carbocycles. The van der Waals surface area contributed by atoms with Gasteiger partial charge in [0.2, 0.25) is 5.91 Å².